The largest absolute Gasteiger partial charge is 0.477 e. The number of rotatable bonds is 1. The lowest BCUT2D eigenvalue weighted by Crippen LogP contribution is -1.99. The third-order valence-corrected chi connectivity index (χ3v) is 3.34. The number of pyridine rings is 1. The number of hydrogen-bond donors (Lipinski definition) is 1. The number of aromatic carboxylic acids is 1. The second kappa shape index (κ2) is 3.57. The van der Waals surface area contributed by atoms with Crippen LogP contribution in [0.1, 0.15) is 16.1 Å². The van der Waals surface area contributed by atoms with Crippen LogP contribution in [-0.2, 0) is 7.05 Å². The highest BCUT2D eigenvalue weighted by atomic mass is 16.4. The van der Waals surface area contributed by atoms with Crippen molar-refractivity contribution in [1.82, 2.24) is 9.55 Å². The molecule has 3 aromatic rings. The summed E-state index contributed by atoms with van der Waals surface area (Å²) in [5, 5.41) is 11.1. The molecule has 0 aliphatic heterocycles. The molecule has 90 valence electrons. The van der Waals surface area contributed by atoms with Crippen molar-refractivity contribution in [2.75, 3.05) is 0 Å². The normalized spacial score (nSPS) is 11.2. The maximum absolute atomic E-state index is 11.0. The molecule has 0 aliphatic carbocycles. The second-order valence-corrected chi connectivity index (χ2v) is 4.42. The van der Waals surface area contributed by atoms with Gasteiger partial charge >= 0.3 is 5.97 Å². The lowest BCUT2D eigenvalue weighted by Gasteiger charge is -1.97. The number of hydrogen-bond acceptors (Lipinski definition) is 2. The SMILES string of the molecule is Cc1cccc2c1c1cc(C(=O)O)ncc1n2C. The molecule has 3 rings (SSSR count). The molecule has 0 amide bonds. The Morgan fingerprint density at radius 3 is 2.83 bits per heavy atom. The van der Waals surface area contributed by atoms with Gasteiger partial charge in [-0.15, -0.1) is 0 Å². The van der Waals surface area contributed by atoms with Gasteiger partial charge in [-0.25, -0.2) is 9.78 Å². The van der Waals surface area contributed by atoms with Crippen LogP contribution in [-0.4, -0.2) is 20.6 Å². The van der Waals surface area contributed by atoms with Crippen LogP contribution >= 0.6 is 0 Å². The smallest absolute Gasteiger partial charge is 0.354 e. The first kappa shape index (κ1) is 10.8. The summed E-state index contributed by atoms with van der Waals surface area (Å²) < 4.78 is 2.04. The monoisotopic (exact) mass is 240 g/mol. The molecule has 0 spiro atoms. The minimum atomic E-state index is -0.998. The van der Waals surface area contributed by atoms with E-state index in [1.165, 1.54) is 0 Å². The average Bonchev–Trinajstić information content (AvgIpc) is 2.64. The van der Waals surface area contributed by atoms with Gasteiger partial charge in [0, 0.05) is 23.3 Å². The van der Waals surface area contributed by atoms with Gasteiger partial charge in [-0.05, 0) is 24.6 Å². The zero-order valence-electron chi connectivity index (χ0n) is 10.1. The Morgan fingerprint density at radius 2 is 2.11 bits per heavy atom. The number of fused-ring (bicyclic) bond motifs is 3. The number of benzene rings is 1. The molecule has 0 fully saturated rings. The third-order valence-electron chi connectivity index (χ3n) is 3.34. The summed E-state index contributed by atoms with van der Waals surface area (Å²) in [6, 6.07) is 7.71. The molecule has 1 N–H and O–H groups in total. The Balaban J connectivity index is 2.54. The van der Waals surface area contributed by atoms with E-state index in [0.29, 0.717) is 0 Å². The van der Waals surface area contributed by atoms with E-state index in [2.05, 4.69) is 4.98 Å². The summed E-state index contributed by atoms with van der Waals surface area (Å²) >= 11 is 0. The number of carbonyl (C=O) groups is 1. The fourth-order valence-corrected chi connectivity index (χ4v) is 2.44. The quantitative estimate of drug-likeness (QED) is 0.711. The molecule has 1 aromatic carbocycles. The van der Waals surface area contributed by atoms with Crippen molar-refractivity contribution >= 4 is 27.8 Å². The zero-order chi connectivity index (χ0) is 12.9. The van der Waals surface area contributed by atoms with E-state index in [1.54, 1.807) is 12.3 Å². The molecule has 4 heteroatoms. The van der Waals surface area contributed by atoms with Crippen LogP contribution in [0.2, 0.25) is 0 Å². The minimum absolute atomic E-state index is 0.0817. The standard InChI is InChI=1S/C14H12N2O2/c1-8-4-3-5-11-13(8)9-6-10(14(17)18)15-7-12(9)16(11)2/h3-7H,1-2H3,(H,17,18). The number of carboxylic acids is 1. The molecule has 18 heavy (non-hydrogen) atoms. The predicted octanol–water partition coefficient (Wildman–Crippen LogP) is 2.73. The van der Waals surface area contributed by atoms with E-state index >= 15 is 0 Å². The van der Waals surface area contributed by atoms with Crippen molar-refractivity contribution in [3.8, 4) is 0 Å². The van der Waals surface area contributed by atoms with Crippen LogP contribution in [0.3, 0.4) is 0 Å². The van der Waals surface area contributed by atoms with Gasteiger partial charge in [0.15, 0.2) is 0 Å². The van der Waals surface area contributed by atoms with Crippen molar-refractivity contribution in [3.05, 3.63) is 41.7 Å². The van der Waals surface area contributed by atoms with Crippen LogP contribution in [0.5, 0.6) is 0 Å². The molecule has 0 saturated heterocycles. The van der Waals surface area contributed by atoms with Crippen molar-refractivity contribution in [2.45, 2.75) is 6.92 Å². The maximum Gasteiger partial charge on any atom is 0.354 e. The Hall–Kier alpha value is -2.36. The van der Waals surface area contributed by atoms with Gasteiger partial charge in [0.05, 0.1) is 11.7 Å². The van der Waals surface area contributed by atoms with Crippen molar-refractivity contribution < 1.29 is 9.90 Å². The minimum Gasteiger partial charge on any atom is -0.477 e. The molecule has 0 aliphatic rings. The van der Waals surface area contributed by atoms with Crippen LogP contribution in [0.25, 0.3) is 21.8 Å². The first-order valence-electron chi connectivity index (χ1n) is 5.66. The van der Waals surface area contributed by atoms with Crippen molar-refractivity contribution in [1.29, 1.82) is 0 Å². The third kappa shape index (κ3) is 1.32. The van der Waals surface area contributed by atoms with Crippen LogP contribution in [0, 0.1) is 6.92 Å². The topological polar surface area (TPSA) is 55.1 Å². The predicted molar refractivity (Wildman–Crippen MR) is 69.9 cm³/mol. The molecule has 0 atom stereocenters. The lowest BCUT2D eigenvalue weighted by molar-refractivity contribution is 0.0690. The summed E-state index contributed by atoms with van der Waals surface area (Å²) in [6.45, 7) is 2.03. The summed E-state index contributed by atoms with van der Waals surface area (Å²) in [7, 11) is 1.96. The van der Waals surface area contributed by atoms with Crippen molar-refractivity contribution in [2.24, 2.45) is 7.05 Å². The van der Waals surface area contributed by atoms with Crippen LogP contribution in [0.15, 0.2) is 30.5 Å². The highest BCUT2D eigenvalue weighted by Gasteiger charge is 2.13. The van der Waals surface area contributed by atoms with Crippen LogP contribution in [0.4, 0.5) is 0 Å². The fraction of sp³-hybridized carbons (Fsp3) is 0.143. The molecule has 4 nitrogen and oxygen atoms in total. The highest BCUT2D eigenvalue weighted by molar-refractivity contribution is 6.10. The van der Waals surface area contributed by atoms with Gasteiger partial charge < -0.3 is 9.67 Å². The average molecular weight is 240 g/mol. The summed E-state index contributed by atoms with van der Waals surface area (Å²) in [5.41, 5.74) is 3.26. The van der Waals surface area contributed by atoms with E-state index < -0.39 is 5.97 Å². The van der Waals surface area contributed by atoms with Crippen molar-refractivity contribution in [3.63, 3.8) is 0 Å². The lowest BCUT2D eigenvalue weighted by atomic mass is 10.1. The summed E-state index contributed by atoms with van der Waals surface area (Å²) in [4.78, 5) is 15.0. The van der Waals surface area contributed by atoms with Crippen LogP contribution < -0.4 is 0 Å². The Kier molecular flexibility index (Phi) is 2.13. The van der Waals surface area contributed by atoms with E-state index in [4.69, 9.17) is 5.11 Å². The summed E-state index contributed by atoms with van der Waals surface area (Å²) in [5.74, 6) is -0.998. The number of aromatic nitrogens is 2. The molecule has 2 heterocycles. The number of carboxylic acid groups (broad SMARTS) is 1. The number of aryl methyl sites for hydroxylation is 2. The molecular weight excluding hydrogens is 228 g/mol. The van der Waals surface area contributed by atoms with Gasteiger partial charge in [-0.3, -0.25) is 0 Å². The Morgan fingerprint density at radius 1 is 1.33 bits per heavy atom. The first-order valence-corrected chi connectivity index (χ1v) is 5.66. The van der Waals surface area contributed by atoms with Gasteiger partial charge in [-0.2, -0.15) is 0 Å². The molecule has 0 bridgehead atoms. The highest BCUT2D eigenvalue weighted by Crippen LogP contribution is 2.30. The van der Waals surface area contributed by atoms with E-state index in [9.17, 15) is 4.79 Å². The fourth-order valence-electron chi connectivity index (χ4n) is 2.44. The summed E-state index contributed by atoms with van der Waals surface area (Å²) in [6.07, 6.45) is 1.62. The Labute approximate surface area is 103 Å². The number of nitrogens with zero attached hydrogens (tertiary/aromatic N) is 2. The first-order chi connectivity index (χ1) is 8.59. The molecular formula is C14H12N2O2. The molecule has 0 radical (unpaired) electrons. The van der Waals surface area contributed by atoms with Gasteiger partial charge in [0.1, 0.15) is 5.69 Å². The van der Waals surface area contributed by atoms with Gasteiger partial charge in [0.2, 0.25) is 0 Å². The van der Waals surface area contributed by atoms with E-state index in [1.807, 2.05) is 36.7 Å². The van der Waals surface area contributed by atoms with Gasteiger partial charge in [-0.1, -0.05) is 12.1 Å². The molecule has 0 unspecified atom stereocenters. The Bertz CT molecular complexity index is 787. The van der Waals surface area contributed by atoms with Gasteiger partial charge in [0.25, 0.3) is 0 Å². The second-order valence-electron chi connectivity index (χ2n) is 4.42. The molecule has 2 aromatic heterocycles. The van der Waals surface area contributed by atoms with E-state index in [0.717, 1.165) is 27.4 Å². The van der Waals surface area contributed by atoms with E-state index in [-0.39, 0.29) is 5.69 Å². The molecule has 0 saturated carbocycles. The maximum atomic E-state index is 11.0. The zero-order valence-corrected chi connectivity index (χ0v) is 10.1.